The van der Waals surface area contributed by atoms with Crippen LogP contribution in [0.15, 0.2) is 18.6 Å². The van der Waals surface area contributed by atoms with Gasteiger partial charge in [0.1, 0.15) is 5.82 Å². The van der Waals surface area contributed by atoms with E-state index < -0.39 is 0 Å². The van der Waals surface area contributed by atoms with Gasteiger partial charge < -0.3 is 19.9 Å². The molecule has 3 heterocycles. The van der Waals surface area contributed by atoms with E-state index in [-0.39, 0.29) is 0 Å². The van der Waals surface area contributed by atoms with Crippen molar-refractivity contribution in [3.05, 3.63) is 18.6 Å². The zero-order valence-corrected chi connectivity index (χ0v) is 12.0. The molecular formula is C14H22N6. The topological polar surface area (TPSA) is 57.5 Å². The molecule has 0 bridgehead atoms. The SMILES string of the molecule is CCNc1cn2ccnc2c(NCCN2CCCC2)n1. The second kappa shape index (κ2) is 6.09. The minimum atomic E-state index is 0.854. The second-order valence-electron chi connectivity index (χ2n) is 5.14. The van der Waals surface area contributed by atoms with E-state index >= 15 is 0 Å². The lowest BCUT2D eigenvalue weighted by Gasteiger charge is -2.15. The van der Waals surface area contributed by atoms with Crippen LogP contribution in [0.5, 0.6) is 0 Å². The molecular weight excluding hydrogens is 252 g/mol. The molecule has 1 aliphatic heterocycles. The fraction of sp³-hybridized carbons (Fsp3) is 0.571. The maximum Gasteiger partial charge on any atom is 0.180 e. The van der Waals surface area contributed by atoms with Crippen LogP contribution in [0.2, 0.25) is 0 Å². The third kappa shape index (κ3) is 2.85. The van der Waals surface area contributed by atoms with Crippen LogP contribution in [0.3, 0.4) is 0 Å². The molecule has 0 radical (unpaired) electrons. The van der Waals surface area contributed by atoms with E-state index in [1.807, 2.05) is 16.8 Å². The van der Waals surface area contributed by atoms with E-state index in [1.54, 1.807) is 6.20 Å². The van der Waals surface area contributed by atoms with Gasteiger partial charge in [-0.15, -0.1) is 0 Å². The Hall–Kier alpha value is -1.82. The summed E-state index contributed by atoms with van der Waals surface area (Å²) in [6, 6.07) is 0. The number of nitrogens with one attached hydrogen (secondary N) is 2. The smallest absolute Gasteiger partial charge is 0.180 e. The molecule has 108 valence electrons. The van der Waals surface area contributed by atoms with Gasteiger partial charge in [0.05, 0.1) is 6.20 Å². The summed E-state index contributed by atoms with van der Waals surface area (Å²) in [7, 11) is 0. The number of anilines is 2. The lowest BCUT2D eigenvalue weighted by atomic mass is 10.4. The van der Waals surface area contributed by atoms with Crippen molar-refractivity contribution in [2.45, 2.75) is 19.8 Å². The molecule has 0 aromatic carbocycles. The number of fused-ring (bicyclic) bond motifs is 1. The number of rotatable bonds is 6. The van der Waals surface area contributed by atoms with Gasteiger partial charge in [0.15, 0.2) is 11.5 Å². The molecule has 0 spiro atoms. The summed E-state index contributed by atoms with van der Waals surface area (Å²) in [5.41, 5.74) is 0.882. The Kier molecular flexibility index (Phi) is 4.01. The molecule has 0 unspecified atom stereocenters. The minimum Gasteiger partial charge on any atom is -0.369 e. The standard InChI is InChI=1S/C14H22N6/c1-2-15-12-11-20-10-6-17-14(20)13(18-12)16-5-9-19-7-3-4-8-19/h6,10-11,15H,2-5,7-9H2,1H3,(H,16,18). The number of likely N-dealkylation sites (tertiary alicyclic amines) is 1. The summed E-state index contributed by atoms with van der Waals surface area (Å²) in [4.78, 5) is 11.5. The molecule has 6 nitrogen and oxygen atoms in total. The Morgan fingerprint density at radius 2 is 2.10 bits per heavy atom. The van der Waals surface area contributed by atoms with Gasteiger partial charge in [-0.05, 0) is 32.9 Å². The number of hydrogen-bond acceptors (Lipinski definition) is 5. The average molecular weight is 274 g/mol. The van der Waals surface area contributed by atoms with Crippen molar-refractivity contribution < 1.29 is 0 Å². The van der Waals surface area contributed by atoms with Gasteiger partial charge in [-0.1, -0.05) is 0 Å². The van der Waals surface area contributed by atoms with Crippen molar-refractivity contribution >= 4 is 17.3 Å². The minimum absolute atomic E-state index is 0.854. The Morgan fingerprint density at radius 3 is 2.90 bits per heavy atom. The Morgan fingerprint density at radius 1 is 1.25 bits per heavy atom. The van der Waals surface area contributed by atoms with Gasteiger partial charge in [-0.2, -0.15) is 0 Å². The van der Waals surface area contributed by atoms with Crippen molar-refractivity contribution in [1.29, 1.82) is 0 Å². The molecule has 1 aliphatic rings. The van der Waals surface area contributed by atoms with Gasteiger partial charge in [0.2, 0.25) is 0 Å². The van der Waals surface area contributed by atoms with Crippen LogP contribution in [0.4, 0.5) is 11.6 Å². The lowest BCUT2D eigenvalue weighted by Crippen LogP contribution is -2.26. The highest BCUT2D eigenvalue weighted by molar-refractivity contribution is 5.65. The fourth-order valence-corrected chi connectivity index (χ4v) is 2.66. The van der Waals surface area contributed by atoms with Crippen LogP contribution >= 0.6 is 0 Å². The molecule has 0 amide bonds. The number of nitrogens with zero attached hydrogens (tertiary/aromatic N) is 4. The van der Waals surface area contributed by atoms with E-state index in [0.717, 1.165) is 36.9 Å². The highest BCUT2D eigenvalue weighted by Crippen LogP contribution is 2.16. The summed E-state index contributed by atoms with van der Waals surface area (Å²) in [6.45, 7) is 7.36. The van der Waals surface area contributed by atoms with E-state index in [1.165, 1.54) is 25.9 Å². The summed E-state index contributed by atoms with van der Waals surface area (Å²) in [6.07, 6.45) is 8.39. The third-order valence-electron chi connectivity index (χ3n) is 3.65. The summed E-state index contributed by atoms with van der Waals surface area (Å²) < 4.78 is 2.00. The predicted molar refractivity (Wildman–Crippen MR) is 81.3 cm³/mol. The first kappa shape index (κ1) is 13.2. The lowest BCUT2D eigenvalue weighted by molar-refractivity contribution is 0.352. The molecule has 0 saturated carbocycles. The van der Waals surface area contributed by atoms with Crippen LogP contribution in [0, 0.1) is 0 Å². The number of aromatic nitrogens is 3. The molecule has 3 rings (SSSR count). The molecule has 6 heteroatoms. The maximum atomic E-state index is 4.60. The predicted octanol–water partition coefficient (Wildman–Crippen LogP) is 1.67. The molecule has 20 heavy (non-hydrogen) atoms. The van der Waals surface area contributed by atoms with Crippen molar-refractivity contribution in [3.8, 4) is 0 Å². The van der Waals surface area contributed by atoms with Crippen molar-refractivity contribution in [2.24, 2.45) is 0 Å². The van der Waals surface area contributed by atoms with E-state index in [2.05, 4.69) is 32.4 Å². The van der Waals surface area contributed by atoms with Gasteiger partial charge in [-0.3, -0.25) is 0 Å². The average Bonchev–Trinajstić information content (AvgIpc) is 3.09. The Balaban J connectivity index is 1.69. The highest BCUT2D eigenvalue weighted by Gasteiger charge is 2.11. The molecule has 2 N–H and O–H groups in total. The van der Waals surface area contributed by atoms with Crippen molar-refractivity contribution in [2.75, 3.05) is 43.4 Å². The molecule has 1 fully saturated rings. The van der Waals surface area contributed by atoms with Gasteiger partial charge in [0, 0.05) is 32.0 Å². The Labute approximate surface area is 119 Å². The van der Waals surface area contributed by atoms with Crippen LogP contribution in [0.25, 0.3) is 5.65 Å². The summed E-state index contributed by atoms with van der Waals surface area (Å²) in [5.74, 6) is 1.73. The van der Waals surface area contributed by atoms with Gasteiger partial charge in [-0.25, -0.2) is 9.97 Å². The summed E-state index contributed by atoms with van der Waals surface area (Å²) in [5, 5.41) is 6.67. The first-order valence-electron chi connectivity index (χ1n) is 7.40. The fourth-order valence-electron chi connectivity index (χ4n) is 2.66. The van der Waals surface area contributed by atoms with Crippen LogP contribution in [-0.2, 0) is 0 Å². The van der Waals surface area contributed by atoms with Crippen LogP contribution in [0.1, 0.15) is 19.8 Å². The first-order chi connectivity index (χ1) is 9.86. The van der Waals surface area contributed by atoms with Gasteiger partial charge >= 0.3 is 0 Å². The van der Waals surface area contributed by atoms with E-state index in [4.69, 9.17) is 0 Å². The van der Waals surface area contributed by atoms with Crippen LogP contribution < -0.4 is 10.6 Å². The number of imidazole rings is 1. The molecule has 1 saturated heterocycles. The number of hydrogen-bond donors (Lipinski definition) is 2. The zero-order chi connectivity index (χ0) is 13.8. The molecule has 0 aliphatic carbocycles. The molecule has 2 aromatic heterocycles. The van der Waals surface area contributed by atoms with Crippen molar-refractivity contribution in [3.63, 3.8) is 0 Å². The normalized spacial score (nSPS) is 15.8. The van der Waals surface area contributed by atoms with E-state index in [9.17, 15) is 0 Å². The molecule has 0 atom stereocenters. The van der Waals surface area contributed by atoms with Gasteiger partial charge in [0.25, 0.3) is 0 Å². The second-order valence-corrected chi connectivity index (χ2v) is 5.14. The monoisotopic (exact) mass is 274 g/mol. The quantitative estimate of drug-likeness (QED) is 0.839. The molecule has 2 aromatic rings. The van der Waals surface area contributed by atoms with Crippen LogP contribution in [-0.4, -0.2) is 52.0 Å². The van der Waals surface area contributed by atoms with Crippen molar-refractivity contribution in [1.82, 2.24) is 19.3 Å². The van der Waals surface area contributed by atoms with E-state index in [0.29, 0.717) is 0 Å². The largest absolute Gasteiger partial charge is 0.369 e. The Bertz CT molecular complexity index is 558. The third-order valence-corrected chi connectivity index (χ3v) is 3.65. The summed E-state index contributed by atoms with van der Waals surface area (Å²) >= 11 is 0. The maximum absolute atomic E-state index is 4.60. The first-order valence-corrected chi connectivity index (χ1v) is 7.40. The highest BCUT2D eigenvalue weighted by atomic mass is 15.2. The zero-order valence-electron chi connectivity index (χ0n) is 12.0.